The largest absolute Gasteiger partial charge is 0.488 e. The van der Waals surface area contributed by atoms with Gasteiger partial charge in [-0.25, -0.2) is 26.9 Å². The smallest absolute Gasteiger partial charge is 0.283 e. The van der Waals surface area contributed by atoms with Gasteiger partial charge in [0, 0.05) is 31.1 Å². The summed E-state index contributed by atoms with van der Waals surface area (Å²) in [5.74, 6) is -0.760. The van der Waals surface area contributed by atoms with Crippen molar-refractivity contribution in [1.82, 2.24) is 14.1 Å². The first kappa shape index (κ1) is 25.1. The third kappa shape index (κ3) is 4.49. The molecule has 9 nitrogen and oxygen atoms in total. The molecule has 3 aliphatic rings. The fourth-order valence-corrected chi connectivity index (χ4v) is 6.32. The van der Waals surface area contributed by atoms with Crippen LogP contribution in [0.15, 0.2) is 42.7 Å². The number of nitrogens with one attached hydrogen (secondary N) is 1. The van der Waals surface area contributed by atoms with Gasteiger partial charge in [-0.1, -0.05) is 0 Å². The Morgan fingerprint density at radius 1 is 1.26 bits per heavy atom. The van der Waals surface area contributed by atoms with E-state index in [4.69, 9.17) is 9.47 Å². The van der Waals surface area contributed by atoms with Crippen LogP contribution in [0.1, 0.15) is 54.7 Å². The molecule has 1 aromatic carbocycles. The Balaban J connectivity index is 1.33. The van der Waals surface area contributed by atoms with Crippen LogP contribution >= 0.6 is 0 Å². The molecule has 3 atom stereocenters. The highest BCUT2D eigenvalue weighted by Gasteiger charge is 2.51. The van der Waals surface area contributed by atoms with Crippen LogP contribution in [0.2, 0.25) is 0 Å². The third-order valence-electron chi connectivity index (χ3n) is 7.65. The molecule has 38 heavy (non-hydrogen) atoms. The summed E-state index contributed by atoms with van der Waals surface area (Å²) in [5.41, 5.74) is 1.58. The standard InChI is InChI=1S/C26H28F2N4O5S/c1-26(7-8-26)38(34,35)30-25(33)22-12-29-24-5-3-18(14-32(22)24)31-13-17(28)11-21(31)20-10-16(27)2-4-23(20)37-19-6-9-36-15-19/h2-5,10,12,14,17,19,21H,6-9,11,13,15H2,1H3,(H,30,33)/t17-,19-,21+/m1/s1. The lowest BCUT2D eigenvalue weighted by Crippen LogP contribution is -2.38. The average molecular weight is 547 g/mol. The van der Waals surface area contributed by atoms with Gasteiger partial charge >= 0.3 is 0 Å². The lowest BCUT2D eigenvalue weighted by molar-refractivity contribution is 0.0975. The molecule has 2 saturated heterocycles. The Bertz CT molecular complexity index is 1500. The van der Waals surface area contributed by atoms with Crippen molar-refractivity contribution in [1.29, 1.82) is 0 Å². The van der Waals surface area contributed by atoms with Gasteiger partial charge in [-0.15, -0.1) is 0 Å². The van der Waals surface area contributed by atoms with Crippen molar-refractivity contribution >= 4 is 27.3 Å². The van der Waals surface area contributed by atoms with Gasteiger partial charge in [0.1, 0.15) is 35.2 Å². The minimum absolute atomic E-state index is 0.0400. The number of carbonyl (C=O) groups is 1. The van der Waals surface area contributed by atoms with Crippen molar-refractivity contribution in [3.8, 4) is 5.75 Å². The Kier molecular flexibility index (Phi) is 6.06. The summed E-state index contributed by atoms with van der Waals surface area (Å²) < 4.78 is 68.6. The molecule has 202 valence electrons. The van der Waals surface area contributed by atoms with E-state index in [2.05, 4.69) is 9.71 Å². The fraction of sp³-hybridized carbons (Fsp3) is 0.462. The van der Waals surface area contributed by atoms with Gasteiger partial charge in [-0.3, -0.25) is 9.20 Å². The molecule has 1 aliphatic carbocycles. The highest BCUT2D eigenvalue weighted by atomic mass is 32.2. The molecule has 2 aliphatic heterocycles. The molecule has 0 unspecified atom stereocenters. The lowest BCUT2D eigenvalue weighted by atomic mass is 10.0. The van der Waals surface area contributed by atoms with Gasteiger partial charge in [-0.2, -0.15) is 0 Å². The van der Waals surface area contributed by atoms with Gasteiger partial charge < -0.3 is 14.4 Å². The number of hydrogen-bond donors (Lipinski definition) is 1. The van der Waals surface area contributed by atoms with Crippen LogP contribution in [0.4, 0.5) is 14.5 Å². The number of pyridine rings is 1. The van der Waals surface area contributed by atoms with Crippen LogP contribution < -0.4 is 14.4 Å². The molecule has 0 spiro atoms. The zero-order valence-electron chi connectivity index (χ0n) is 20.8. The molecule has 1 N–H and O–H groups in total. The number of rotatable bonds is 7. The van der Waals surface area contributed by atoms with E-state index in [0.717, 1.165) is 0 Å². The highest BCUT2D eigenvalue weighted by Crippen LogP contribution is 2.43. The van der Waals surface area contributed by atoms with Crippen molar-refractivity contribution in [2.45, 2.75) is 55.7 Å². The number of imidazole rings is 1. The van der Waals surface area contributed by atoms with E-state index < -0.39 is 38.7 Å². The fourth-order valence-electron chi connectivity index (χ4n) is 5.09. The van der Waals surface area contributed by atoms with Crippen LogP contribution in [0.25, 0.3) is 5.65 Å². The van der Waals surface area contributed by atoms with Crippen LogP contribution in [-0.2, 0) is 14.8 Å². The number of alkyl halides is 1. The lowest BCUT2D eigenvalue weighted by Gasteiger charge is -2.29. The zero-order chi connectivity index (χ0) is 26.7. The van der Waals surface area contributed by atoms with Gasteiger partial charge in [0.15, 0.2) is 0 Å². The maximum absolute atomic E-state index is 14.9. The molecule has 1 amide bonds. The molecule has 12 heteroatoms. The minimum atomic E-state index is -3.84. The number of fused-ring (bicyclic) bond motifs is 1. The number of carbonyl (C=O) groups excluding carboxylic acids is 1. The number of aromatic nitrogens is 2. The summed E-state index contributed by atoms with van der Waals surface area (Å²) >= 11 is 0. The van der Waals surface area contributed by atoms with Crippen LogP contribution in [0, 0.1) is 5.82 Å². The molecular formula is C26H28F2N4O5S. The van der Waals surface area contributed by atoms with Gasteiger partial charge in [-0.05, 0) is 50.1 Å². The topological polar surface area (TPSA) is 102 Å². The summed E-state index contributed by atoms with van der Waals surface area (Å²) in [7, 11) is -3.84. The minimum Gasteiger partial charge on any atom is -0.488 e. The van der Waals surface area contributed by atoms with E-state index in [1.807, 2.05) is 0 Å². The molecule has 2 aromatic heterocycles. The summed E-state index contributed by atoms with van der Waals surface area (Å²) in [5, 5.41) is 0. The molecular weight excluding hydrogens is 518 g/mol. The van der Waals surface area contributed by atoms with E-state index in [1.54, 1.807) is 36.2 Å². The van der Waals surface area contributed by atoms with E-state index in [-0.39, 0.29) is 24.8 Å². The Morgan fingerprint density at radius 2 is 2.08 bits per heavy atom. The first-order valence-corrected chi connectivity index (χ1v) is 14.1. The second kappa shape index (κ2) is 9.19. The molecule has 1 saturated carbocycles. The highest BCUT2D eigenvalue weighted by molar-refractivity contribution is 7.91. The van der Waals surface area contributed by atoms with Gasteiger partial charge in [0.25, 0.3) is 5.91 Å². The predicted molar refractivity (Wildman–Crippen MR) is 135 cm³/mol. The second-order valence-corrected chi connectivity index (χ2v) is 12.6. The quantitative estimate of drug-likeness (QED) is 0.484. The second-order valence-electron chi connectivity index (χ2n) is 10.4. The van der Waals surface area contributed by atoms with E-state index >= 15 is 0 Å². The van der Waals surface area contributed by atoms with E-state index in [1.165, 1.54) is 22.7 Å². The van der Waals surface area contributed by atoms with Crippen molar-refractivity contribution in [3.05, 3.63) is 59.8 Å². The average Bonchev–Trinajstić information content (AvgIpc) is 3.24. The normalized spacial score (nSPS) is 24.6. The number of benzene rings is 1. The number of amides is 1. The molecule has 4 heterocycles. The SMILES string of the molecule is CC1(S(=O)(=O)NC(=O)c2cnc3ccc(N4C[C@H](F)C[C@H]4c4cc(F)ccc4O[C@@H]4CCOC4)cn23)CC1. The Hall–Kier alpha value is -3.25. The van der Waals surface area contributed by atoms with Crippen molar-refractivity contribution < 1.29 is 31.5 Å². The Morgan fingerprint density at radius 3 is 2.82 bits per heavy atom. The van der Waals surface area contributed by atoms with Gasteiger partial charge in [0.2, 0.25) is 10.0 Å². The van der Waals surface area contributed by atoms with Crippen LogP contribution in [-0.4, -0.2) is 60.5 Å². The van der Waals surface area contributed by atoms with Crippen molar-refractivity contribution in [2.75, 3.05) is 24.7 Å². The maximum atomic E-state index is 14.9. The van der Waals surface area contributed by atoms with Gasteiger partial charge in [0.05, 0.1) is 35.9 Å². The maximum Gasteiger partial charge on any atom is 0.283 e. The third-order valence-corrected chi connectivity index (χ3v) is 9.81. The van der Waals surface area contributed by atoms with E-state index in [0.29, 0.717) is 55.1 Å². The first-order valence-electron chi connectivity index (χ1n) is 12.6. The Labute approximate surface area is 218 Å². The first-order chi connectivity index (χ1) is 18.1. The summed E-state index contributed by atoms with van der Waals surface area (Å²) in [6.07, 6.45) is 3.44. The van der Waals surface area contributed by atoms with Crippen molar-refractivity contribution in [3.63, 3.8) is 0 Å². The number of halogens is 2. The molecule has 3 fully saturated rings. The summed E-state index contributed by atoms with van der Waals surface area (Å²) in [6, 6.07) is 7.16. The number of nitrogens with zero attached hydrogens (tertiary/aromatic N) is 3. The molecule has 6 rings (SSSR count). The van der Waals surface area contributed by atoms with Crippen LogP contribution in [0.5, 0.6) is 5.75 Å². The predicted octanol–water partition coefficient (Wildman–Crippen LogP) is 3.54. The molecule has 0 radical (unpaired) electrons. The van der Waals surface area contributed by atoms with Crippen molar-refractivity contribution in [2.24, 2.45) is 0 Å². The zero-order valence-corrected chi connectivity index (χ0v) is 21.6. The molecule has 0 bridgehead atoms. The molecule has 3 aromatic rings. The monoisotopic (exact) mass is 546 g/mol. The number of sulfonamides is 1. The summed E-state index contributed by atoms with van der Waals surface area (Å²) in [6.45, 7) is 2.68. The number of ether oxygens (including phenoxy) is 2. The number of hydrogen-bond acceptors (Lipinski definition) is 7. The number of anilines is 1. The van der Waals surface area contributed by atoms with E-state index in [9.17, 15) is 22.0 Å². The summed E-state index contributed by atoms with van der Waals surface area (Å²) in [4.78, 5) is 19.0. The van der Waals surface area contributed by atoms with Crippen LogP contribution in [0.3, 0.4) is 0 Å².